The zero-order valence-electron chi connectivity index (χ0n) is 14.8. The Balaban J connectivity index is 1.87. The molecule has 27 heavy (non-hydrogen) atoms. The number of halogens is 3. The van der Waals surface area contributed by atoms with Crippen molar-refractivity contribution in [1.29, 1.82) is 0 Å². The van der Waals surface area contributed by atoms with Gasteiger partial charge in [-0.1, -0.05) is 72.9 Å². The lowest BCUT2D eigenvalue weighted by atomic mass is 10.0. The van der Waals surface area contributed by atoms with E-state index < -0.39 is 18.5 Å². The molecule has 0 aliphatic rings. The molecule has 0 fully saturated rings. The number of rotatable bonds is 6. The fourth-order valence-electron chi connectivity index (χ4n) is 2.18. The minimum atomic E-state index is -0.633. The molecule has 1 amide bonds. The average Bonchev–Trinajstić information content (AvgIpc) is 2.61. The normalized spacial score (nSPS) is 11.0. The van der Waals surface area contributed by atoms with Gasteiger partial charge in [0.1, 0.15) is 0 Å². The van der Waals surface area contributed by atoms with Crippen LogP contribution in [0.15, 0.2) is 42.5 Å². The van der Waals surface area contributed by atoms with Crippen molar-refractivity contribution in [2.24, 2.45) is 0 Å². The van der Waals surface area contributed by atoms with Crippen molar-refractivity contribution in [2.45, 2.75) is 19.8 Å². The molecule has 0 radical (unpaired) electrons. The molecular formula is C20H18Cl3NO3. The van der Waals surface area contributed by atoms with Gasteiger partial charge in [0.25, 0.3) is 5.91 Å². The number of esters is 1. The first-order chi connectivity index (χ1) is 12.8. The monoisotopic (exact) mass is 425 g/mol. The molecule has 0 aliphatic carbocycles. The van der Waals surface area contributed by atoms with E-state index in [-0.39, 0.29) is 15.7 Å². The molecule has 142 valence electrons. The van der Waals surface area contributed by atoms with E-state index >= 15 is 0 Å². The Hall–Kier alpha value is -2.01. The summed E-state index contributed by atoms with van der Waals surface area (Å²) >= 11 is 17.8. The van der Waals surface area contributed by atoms with Crippen molar-refractivity contribution in [3.05, 3.63) is 68.7 Å². The van der Waals surface area contributed by atoms with Gasteiger partial charge in [-0.3, -0.25) is 4.79 Å². The summed E-state index contributed by atoms with van der Waals surface area (Å²) < 4.78 is 4.91. The smallest absolute Gasteiger partial charge is 0.331 e. The predicted molar refractivity (Wildman–Crippen MR) is 111 cm³/mol. The van der Waals surface area contributed by atoms with Gasteiger partial charge in [-0.05, 0) is 35.3 Å². The molecule has 2 rings (SSSR count). The number of hydrogen-bond acceptors (Lipinski definition) is 3. The van der Waals surface area contributed by atoms with Crippen LogP contribution in [0.5, 0.6) is 0 Å². The van der Waals surface area contributed by atoms with Crippen LogP contribution in [-0.2, 0) is 14.3 Å². The molecule has 0 atom stereocenters. The summed E-state index contributed by atoms with van der Waals surface area (Å²) in [4.78, 5) is 23.7. The Labute approximate surface area is 173 Å². The average molecular weight is 427 g/mol. The van der Waals surface area contributed by atoms with Gasteiger partial charge in [0.05, 0.1) is 15.7 Å². The fourth-order valence-corrected chi connectivity index (χ4v) is 3.09. The second-order valence-electron chi connectivity index (χ2n) is 6.06. The molecule has 0 spiro atoms. The highest BCUT2D eigenvalue weighted by atomic mass is 35.5. The van der Waals surface area contributed by atoms with Gasteiger partial charge in [0.2, 0.25) is 0 Å². The third-order valence-electron chi connectivity index (χ3n) is 3.63. The Kier molecular flexibility index (Phi) is 7.72. The highest BCUT2D eigenvalue weighted by Crippen LogP contribution is 2.33. The zero-order valence-corrected chi connectivity index (χ0v) is 17.0. The van der Waals surface area contributed by atoms with Gasteiger partial charge in [0.15, 0.2) is 6.61 Å². The second kappa shape index (κ2) is 9.79. The summed E-state index contributed by atoms with van der Waals surface area (Å²) in [5.74, 6) is -0.760. The summed E-state index contributed by atoms with van der Waals surface area (Å²) in [5, 5.41) is 3.22. The zero-order chi connectivity index (χ0) is 20.0. The van der Waals surface area contributed by atoms with Gasteiger partial charge >= 0.3 is 5.97 Å². The van der Waals surface area contributed by atoms with Crippen molar-refractivity contribution in [3.8, 4) is 0 Å². The molecule has 0 aromatic heterocycles. The van der Waals surface area contributed by atoms with Crippen LogP contribution in [0.2, 0.25) is 15.1 Å². The maximum Gasteiger partial charge on any atom is 0.331 e. The molecule has 0 saturated heterocycles. The lowest BCUT2D eigenvalue weighted by Gasteiger charge is -2.09. The maximum absolute atomic E-state index is 11.9. The molecule has 7 heteroatoms. The molecular weight excluding hydrogens is 409 g/mol. The summed E-state index contributed by atoms with van der Waals surface area (Å²) in [5.41, 5.74) is 2.29. The van der Waals surface area contributed by atoms with E-state index in [4.69, 9.17) is 39.5 Å². The first-order valence-electron chi connectivity index (χ1n) is 8.15. The van der Waals surface area contributed by atoms with E-state index in [1.165, 1.54) is 23.8 Å². The third kappa shape index (κ3) is 6.58. The van der Waals surface area contributed by atoms with E-state index in [1.54, 1.807) is 6.08 Å². The number of nitrogens with one attached hydrogen (secondary N) is 1. The van der Waals surface area contributed by atoms with Crippen LogP contribution in [-0.4, -0.2) is 18.5 Å². The molecule has 0 heterocycles. The number of ether oxygens (including phenoxy) is 1. The van der Waals surface area contributed by atoms with Crippen LogP contribution in [0.25, 0.3) is 6.08 Å². The molecule has 2 aromatic rings. The first kappa shape index (κ1) is 21.3. The van der Waals surface area contributed by atoms with E-state index in [0.29, 0.717) is 10.9 Å². The van der Waals surface area contributed by atoms with Gasteiger partial charge < -0.3 is 10.1 Å². The summed E-state index contributed by atoms with van der Waals surface area (Å²) in [6, 6.07) is 10.7. The van der Waals surface area contributed by atoms with Gasteiger partial charge in [-0.15, -0.1) is 0 Å². The minimum absolute atomic E-state index is 0.192. The number of hydrogen-bond donors (Lipinski definition) is 1. The van der Waals surface area contributed by atoms with Crippen molar-refractivity contribution < 1.29 is 14.3 Å². The Bertz CT molecular complexity index is 838. The quantitative estimate of drug-likeness (QED) is 0.457. The Morgan fingerprint density at radius 1 is 1.07 bits per heavy atom. The highest BCUT2D eigenvalue weighted by Gasteiger charge is 2.12. The van der Waals surface area contributed by atoms with E-state index in [0.717, 1.165) is 5.56 Å². The maximum atomic E-state index is 11.9. The fraction of sp³-hybridized carbons (Fsp3) is 0.200. The van der Waals surface area contributed by atoms with Crippen LogP contribution in [0.1, 0.15) is 30.9 Å². The summed E-state index contributed by atoms with van der Waals surface area (Å²) in [6.45, 7) is 3.75. The van der Waals surface area contributed by atoms with Crippen molar-refractivity contribution >= 4 is 58.4 Å². The number of anilines is 1. The third-order valence-corrected chi connectivity index (χ3v) is 4.45. The highest BCUT2D eigenvalue weighted by molar-refractivity contribution is 6.42. The Morgan fingerprint density at radius 3 is 2.22 bits per heavy atom. The summed E-state index contributed by atoms with van der Waals surface area (Å²) in [7, 11) is 0. The number of carbonyl (C=O) groups is 2. The first-order valence-corrected chi connectivity index (χ1v) is 9.29. The van der Waals surface area contributed by atoms with Crippen molar-refractivity contribution in [1.82, 2.24) is 0 Å². The van der Waals surface area contributed by atoms with E-state index in [2.05, 4.69) is 19.2 Å². The van der Waals surface area contributed by atoms with Crippen molar-refractivity contribution in [3.63, 3.8) is 0 Å². The van der Waals surface area contributed by atoms with Crippen LogP contribution in [0, 0.1) is 0 Å². The molecule has 2 aromatic carbocycles. The number of amides is 1. The van der Waals surface area contributed by atoms with Gasteiger partial charge in [-0.25, -0.2) is 4.79 Å². The number of benzene rings is 2. The predicted octanol–water partition coefficient (Wildman–Crippen LogP) is 5.97. The largest absolute Gasteiger partial charge is 0.452 e. The molecule has 0 saturated carbocycles. The molecule has 0 aliphatic heterocycles. The SMILES string of the molecule is CC(C)c1ccc(/C=C/C(=O)OCC(=O)Nc2c(Cl)cc(Cl)cc2Cl)cc1. The van der Waals surface area contributed by atoms with Crippen LogP contribution < -0.4 is 5.32 Å². The topological polar surface area (TPSA) is 55.4 Å². The van der Waals surface area contributed by atoms with Crippen LogP contribution in [0.4, 0.5) is 5.69 Å². The lowest BCUT2D eigenvalue weighted by molar-refractivity contribution is -0.142. The molecule has 0 bridgehead atoms. The molecule has 0 unspecified atom stereocenters. The summed E-state index contributed by atoms with van der Waals surface area (Å²) in [6.07, 6.45) is 2.89. The minimum Gasteiger partial charge on any atom is -0.452 e. The van der Waals surface area contributed by atoms with Crippen LogP contribution >= 0.6 is 34.8 Å². The van der Waals surface area contributed by atoms with Crippen LogP contribution in [0.3, 0.4) is 0 Å². The van der Waals surface area contributed by atoms with Gasteiger partial charge in [0, 0.05) is 11.1 Å². The van der Waals surface area contributed by atoms with E-state index in [1.807, 2.05) is 24.3 Å². The lowest BCUT2D eigenvalue weighted by Crippen LogP contribution is -2.20. The standard InChI is InChI=1S/C20H18Cl3NO3/c1-12(2)14-6-3-13(4-7-14)5-8-19(26)27-11-18(25)24-20-16(22)9-15(21)10-17(20)23/h3-10,12H,11H2,1-2H3,(H,24,25)/b8-5+. The van der Waals surface area contributed by atoms with Gasteiger partial charge in [-0.2, -0.15) is 0 Å². The second-order valence-corrected chi connectivity index (χ2v) is 7.31. The van der Waals surface area contributed by atoms with E-state index in [9.17, 15) is 9.59 Å². The van der Waals surface area contributed by atoms with Crippen molar-refractivity contribution in [2.75, 3.05) is 11.9 Å². The molecule has 1 N–H and O–H groups in total. The Morgan fingerprint density at radius 2 is 1.67 bits per heavy atom. The molecule has 4 nitrogen and oxygen atoms in total. The number of carbonyl (C=O) groups excluding carboxylic acids is 2.